The number of nitrogens with zero attached hydrogens (tertiary/aromatic N) is 3. The highest BCUT2D eigenvalue weighted by molar-refractivity contribution is 9.10. The van der Waals surface area contributed by atoms with Crippen molar-refractivity contribution in [2.45, 2.75) is 24.1 Å². The van der Waals surface area contributed by atoms with Crippen molar-refractivity contribution in [2.24, 2.45) is 0 Å². The third-order valence-electron chi connectivity index (χ3n) is 3.46. The highest BCUT2D eigenvalue weighted by Gasteiger charge is 2.27. The molecule has 1 aliphatic carbocycles. The minimum atomic E-state index is -0.314. The standard InChI is InChI=1S/C14H10Br2FN3/c15-10-3-1-2-9-13(7-18)19-20(14(9)10)8-4-5-12(17)11(16)6-8/h4-6,10H,1-3H2. The van der Waals surface area contributed by atoms with Crippen molar-refractivity contribution in [2.75, 3.05) is 0 Å². The molecule has 0 aliphatic heterocycles. The third-order valence-corrected chi connectivity index (χ3v) is 4.96. The van der Waals surface area contributed by atoms with Crippen LogP contribution in [0.3, 0.4) is 0 Å². The van der Waals surface area contributed by atoms with Crippen molar-refractivity contribution in [1.29, 1.82) is 5.26 Å². The number of hydrogen-bond acceptors (Lipinski definition) is 2. The summed E-state index contributed by atoms with van der Waals surface area (Å²) in [6.07, 6.45) is 2.91. The van der Waals surface area contributed by atoms with E-state index in [4.69, 9.17) is 0 Å². The highest BCUT2D eigenvalue weighted by atomic mass is 79.9. The average molecular weight is 399 g/mol. The molecule has 20 heavy (non-hydrogen) atoms. The Hall–Kier alpha value is -1.19. The Labute approximate surface area is 132 Å². The lowest BCUT2D eigenvalue weighted by molar-refractivity contribution is 0.618. The molecule has 1 atom stereocenters. The minimum Gasteiger partial charge on any atom is -0.235 e. The van der Waals surface area contributed by atoms with Gasteiger partial charge in [-0.1, -0.05) is 15.9 Å². The fraction of sp³-hybridized carbons (Fsp3) is 0.286. The Morgan fingerprint density at radius 3 is 2.95 bits per heavy atom. The normalized spacial score (nSPS) is 17.6. The van der Waals surface area contributed by atoms with Crippen molar-refractivity contribution in [3.05, 3.63) is 45.4 Å². The van der Waals surface area contributed by atoms with Gasteiger partial charge in [0.05, 0.1) is 20.7 Å². The molecule has 0 bridgehead atoms. The topological polar surface area (TPSA) is 41.6 Å². The second-order valence-corrected chi connectivity index (χ2v) is 6.65. The van der Waals surface area contributed by atoms with E-state index in [9.17, 15) is 9.65 Å². The molecule has 0 N–H and O–H groups in total. The van der Waals surface area contributed by atoms with Gasteiger partial charge in [0, 0.05) is 5.56 Å². The number of aromatic nitrogens is 2. The number of halogens is 3. The molecular formula is C14H10Br2FN3. The molecule has 3 nitrogen and oxygen atoms in total. The van der Waals surface area contributed by atoms with E-state index in [0.29, 0.717) is 10.2 Å². The monoisotopic (exact) mass is 397 g/mol. The molecule has 102 valence electrons. The number of fused-ring (bicyclic) bond motifs is 1. The van der Waals surface area contributed by atoms with Crippen LogP contribution in [-0.4, -0.2) is 9.78 Å². The molecular weight excluding hydrogens is 389 g/mol. The molecule has 6 heteroatoms. The van der Waals surface area contributed by atoms with Crippen LogP contribution in [0.1, 0.15) is 34.6 Å². The maximum absolute atomic E-state index is 13.4. The summed E-state index contributed by atoms with van der Waals surface area (Å²) in [6, 6.07) is 6.90. The van der Waals surface area contributed by atoms with Crippen LogP contribution in [0.25, 0.3) is 5.69 Å². The second kappa shape index (κ2) is 5.30. The Kier molecular flexibility index (Phi) is 3.65. The maximum atomic E-state index is 13.4. The molecule has 0 amide bonds. The zero-order valence-corrected chi connectivity index (χ0v) is 13.6. The van der Waals surface area contributed by atoms with E-state index in [-0.39, 0.29) is 10.6 Å². The molecule has 1 unspecified atom stereocenters. The lowest BCUT2D eigenvalue weighted by atomic mass is 9.96. The number of hydrogen-bond donors (Lipinski definition) is 0. The van der Waals surface area contributed by atoms with Crippen LogP contribution >= 0.6 is 31.9 Å². The predicted octanol–water partition coefficient (Wildman–Crippen LogP) is 4.42. The first kappa shape index (κ1) is 13.8. The highest BCUT2D eigenvalue weighted by Crippen LogP contribution is 2.38. The SMILES string of the molecule is N#Cc1nn(-c2ccc(F)c(Br)c2)c2c1CCCC2Br. The van der Waals surface area contributed by atoms with Gasteiger partial charge in [0.1, 0.15) is 11.9 Å². The first-order chi connectivity index (χ1) is 9.61. The molecule has 1 aromatic carbocycles. The molecule has 1 aliphatic rings. The van der Waals surface area contributed by atoms with Gasteiger partial charge in [-0.15, -0.1) is 0 Å². The van der Waals surface area contributed by atoms with Crippen LogP contribution in [0.4, 0.5) is 4.39 Å². The van der Waals surface area contributed by atoms with E-state index in [1.165, 1.54) is 6.07 Å². The summed E-state index contributed by atoms with van der Waals surface area (Å²) >= 11 is 6.84. The van der Waals surface area contributed by atoms with Gasteiger partial charge >= 0.3 is 0 Å². The van der Waals surface area contributed by atoms with Gasteiger partial charge in [-0.3, -0.25) is 0 Å². The van der Waals surface area contributed by atoms with Crippen molar-refractivity contribution in [3.63, 3.8) is 0 Å². The van der Waals surface area contributed by atoms with Gasteiger partial charge in [-0.2, -0.15) is 10.4 Å². The van der Waals surface area contributed by atoms with E-state index < -0.39 is 0 Å². The Bertz CT molecular complexity index is 718. The average Bonchev–Trinajstić information content (AvgIpc) is 2.82. The van der Waals surface area contributed by atoms with Gasteiger partial charge in [0.15, 0.2) is 5.69 Å². The minimum absolute atomic E-state index is 0.171. The summed E-state index contributed by atoms with van der Waals surface area (Å²) in [6.45, 7) is 0. The zero-order chi connectivity index (χ0) is 14.3. The Morgan fingerprint density at radius 2 is 2.25 bits per heavy atom. The summed E-state index contributed by atoms with van der Waals surface area (Å²) in [4.78, 5) is 0.171. The molecule has 0 spiro atoms. The molecule has 0 saturated heterocycles. The summed E-state index contributed by atoms with van der Waals surface area (Å²) in [5.74, 6) is -0.314. The van der Waals surface area contributed by atoms with Crippen molar-refractivity contribution < 1.29 is 4.39 Å². The van der Waals surface area contributed by atoms with Crippen LogP contribution in [0.15, 0.2) is 22.7 Å². The fourth-order valence-corrected chi connectivity index (χ4v) is 3.69. The maximum Gasteiger partial charge on any atom is 0.166 e. The van der Waals surface area contributed by atoms with E-state index in [1.807, 2.05) is 0 Å². The van der Waals surface area contributed by atoms with E-state index in [1.54, 1.807) is 16.8 Å². The number of nitriles is 1. The number of rotatable bonds is 1. The van der Waals surface area contributed by atoms with Crippen LogP contribution in [0.5, 0.6) is 0 Å². The van der Waals surface area contributed by atoms with E-state index in [2.05, 4.69) is 43.0 Å². The van der Waals surface area contributed by atoms with Crippen LogP contribution in [-0.2, 0) is 6.42 Å². The molecule has 0 radical (unpaired) electrons. The quantitative estimate of drug-likeness (QED) is 0.667. The van der Waals surface area contributed by atoms with Gasteiger partial charge in [0.25, 0.3) is 0 Å². The smallest absolute Gasteiger partial charge is 0.166 e. The van der Waals surface area contributed by atoms with Crippen LogP contribution < -0.4 is 0 Å². The third kappa shape index (κ3) is 2.19. The second-order valence-electron chi connectivity index (χ2n) is 4.69. The Balaban J connectivity index is 2.21. The summed E-state index contributed by atoms with van der Waals surface area (Å²) < 4.78 is 15.5. The van der Waals surface area contributed by atoms with Crippen molar-refractivity contribution in [3.8, 4) is 11.8 Å². The van der Waals surface area contributed by atoms with E-state index >= 15 is 0 Å². The predicted molar refractivity (Wildman–Crippen MR) is 80.5 cm³/mol. The zero-order valence-electron chi connectivity index (χ0n) is 10.4. The molecule has 1 heterocycles. The summed E-state index contributed by atoms with van der Waals surface area (Å²) in [5, 5.41) is 13.6. The summed E-state index contributed by atoms with van der Waals surface area (Å²) in [7, 11) is 0. The van der Waals surface area contributed by atoms with Crippen molar-refractivity contribution in [1.82, 2.24) is 9.78 Å². The number of benzene rings is 1. The molecule has 1 aromatic heterocycles. The van der Waals surface area contributed by atoms with Crippen molar-refractivity contribution >= 4 is 31.9 Å². The van der Waals surface area contributed by atoms with Gasteiger partial charge < -0.3 is 0 Å². The van der Waals surface area contributed by atoms with E-state index in [0.717, 1.165) is 36.2 Å². The lowest BCUT2D eigenvalue weighted by Crippen LogP contribution is -2.10. The van der Waals surface area contributed by atoms with Crippen LogP contribution in [0.2, 0.25) is 0 Å². The Morgan fingerprint density at radius 1 is 1.45 bits per heavy atom. The fourth-order valence-electron chi connectivity index (χ4n) is 2.53. The molecule has 0 fully saturated rings. The van der Waals surface area contributed by atoms with Gasteiger partial charge in [0.2, 0.25) is 0 Å². The number of alkyl halides is 1. The summed E-state index contributed by atoms with van der Waals surface area (Å²) in [5.41, 5.74) is 3.22. The largest absolute Gasteiger partial charge is 0.235 e. The molecule has 3 rings (SSSR count). The molecule has 2 aromatic rings. The van der Waals surface area contributed by atoms with Gasteiger partial charge in [-0.05, 0) is 53.4 Å². The van der Waals surface area contributed by atoms with Crippen LogP contribution in [0, 0.1) is 17.1 Å². The first-order valence-electron chi connectivity index (χ1n) is 6.23. The van der Waals surface area contributed by atoms with Gasteiger partial charge in [-0.25, -0.2) is 9.07 Å². The first-order valence-corrected chi connectivity index (χ1v) is 7.94. The molecule has 0 saturated carbocycles. The lowest BCUT2D eigenvalue weighted by Gasteiger charge is -2.19.